The van der Waals surface area contributed by atoms with E-state index in [-0.39, 0.29) is 17.4 Å². The van der Waals surface area contributed by atoms with Gasteiger partial charge < -0.3 is 15.4 Å². The number of alkyl halides is 3. The van der Waals surface area contributed by atoms with Gasteiger partial charge in [-0.3, -0.25) is 9.59 Å². The van der Waals surface area contributed by atoms with Gasteiger partial charge in [-0.05, 0) is 62.4 Å². The molecule has 2 rings (SSSR count). The predicted molar refractivity (Wildman–Crippen MR) is 96.2 cm³/mol. The molecule has 2 aromatic rings. The third-order valence-electron chi connectivity index (χ3n) is 3.59. The van der Waals surface area contributed by atoms with Crippen LogP contribution in [0.25, 0.3) is 0 Å². The molecule has 0 aliphatic rings. The molecule has 0 fully saturated rings. The van der Waals surface area contributed by atoms with Crippen molar-refractivity contribution >= 4 is 23.1 Å². The third kappa shape index (κ3) is 6.65. The molecule has 0 heterocycles. The topological polar surface area (TPSA) is 67.4 Å². The van der Waals surface area contributed by atoms with Gasteiger partial charge in [0.05, 0.1) is 0 Å². The van der Waals surface area contributed by atoms with Crippen molar-refractivity contribution in [3.05, 3.63) is 54.1 Å². The Labute approximate surface area is 154 Å². The van der Waals surface area contributed by atoms with Crippen molar-refractivity contribution in [3.8, 4) is 5.75 Å². The molecule has 0 radical (unpaired) electrons. The van der Waals surface area contributed by atoms with Crippen molar-refractivity contribution in [3.63, 3.8) is 0 Å². The van der Waals surface area contributed by atoms with E-state index < -0.39 is 18.8 Å². The van der Waals surface area contributed by atoms with Crippen LogP contribution in [0.3, 0.4) is 0 Å². The third-order valence-corrected chi connectivity index (χ3v) is 3.59. The zero-order chi connectivity index (χ0) is 20.0. The molecule has 1 atom stereocenters. The number of benzene rings is 2. The van der Waals surface area contributed by atoms with E-state index in [9.17, 15) is 22.8 Å². The first-order valence-corrected chi connectivity index (χ1v) is 8.12. The second-order valence-corrected chi connectivity index (χ2v) is 5.92. The highest BCUT2D eigenvalue weighted by molar-refractivity contribution is 5.97. The minimum absolute atomic E-state index is 0.0643. The summed E-state index contributed by atoms with van der Waals surface area (Å²) in [4.78, 5) is 23.5. The Kier molecular flexibility index (Phi) is 6.44. The van der Waals surface area contributed by atoms with Gasteiger partial charge in [-0.15, -0.1) is 0 Å². The molecule has 8 heteroatoms. The van der Waals surface area contributed by atoms with E-state index in [1.807, 2.05) is 0 Å². The lowest BCUT2D eigenvalue weighted by molar-refractivity contribution is -0.153. The van der Waals surface area contributed by atoms with Gasteiger partial charge in [-0.1, -0.05) is 0 Å². The monoisotopic (exact) mass is 380 g/mol. The summed E-state index contributed by atoms with van der Waals surface area (Å²) in [7, 11) is 0. The number of halogens is 3. The van der Waals surface area contributed by atoms with Crippen LogP contribution < -0.4 is 15.4 Å². The molecule has 0 aliphatic carbocycles. The maximum absolute atomic E-state index is 12.2. The molecule has 2 N–H and O–H groups in total. The summed E-state index contributed by atoms with van der Waals surface area (Å²) in [6, 6.07) is 11.7. The van der Waals surface area contributed by atoms with Gasteiger partial charge >= 0.3 is 6.18 Å². The minimum Gasteiger partial charge on any atom is -0.484 e. The van der Waals surface area contributed by atoms with Gasteiger partial charge in [0.2, 0.25) is 5.91 Å². The number of hydrogen-bond acceptors (Lipinski definition) is 4. The van der Waals surface area contributed by atoms with Gasteiger partial charge in [0.1, 0.15) is 11.8 Å². The van der Waals surface area contributed by atoms with Crippen molar-refractivity contribution in [1.29, 1.82) is 0 Å². The van der Waals surface area contributed by atoms with Gasteiger partial charge in [0, 0.05) is 16.9 Å². The number of anilines is 2. The van der Waals surface area contributed by atoms with E-state index in [1.165, 1.54) is 31.2 Å². The Morgan fingerprint density at radius 3 is 2.07 bits per heavy atom. The predicted octanol–water partition coefficient (Wildman–Crippen LogP) is 4.27. The van der Waals surface area contributed by atoms with E-state index in [4.69, 9.17) is 0 Å². The summed E-state index contributed by atoms with van der Waals surface area (Å²) < 4.78 is 41.0. The van der Waals surface area contributed by atoms with E-state index in [0.29, 0.717) is 16.9 Å². The van der Waals surface area contributed by atoms with Crippen LogP contribution >= 0.6 is 0 Å². The SMILES string of the molecule is CC(=O)c1ccc(NC(=O)[C@H](C)Nc2ccc(OCC(F)(F)F)cc2)cc1. The van der Waals surface area contributed by atoms with Crippen molar-refractivity contribution in [2.24, 2.45) is 0 Å². The molecule has 0 saturated carbocycles. The van der Waals surface area contributed by atoms with Crippen LogP contribution in [0.2, 0.25) is 0 Å². The Bertz CT molecular complexity index is 787. The molecule has 27 heavy (non-hydrogen) atoms. The number of hydrogen-bond donors (Lipinski definition) is 2. The summed E-state index contributed by atoms with van der Waals surface area (Å²) in [5, 5.41) is 5.66. The van der Waals surface area contributed by atoms with Crippen LogP contribution in [0.15, 0.2) is 48.5 Å². The Balaban J connectivity index is 1.89. The summed E-state index contributed by atoms with van der Waals surface area (Å²) in [5.41, 5.74) is 1.66. The molecular weight excluding hydrogens is 361 g/mol. The van der Waals surface area contributed by atoms with Gasteiger partial charge in [-0.2, -0.15) is 13.2 Å². The van der Waals surface area contributed by atoms with Gasteiger partial charge in [-0.25, -0.2) is 0 Å². The van der Waals surface area contributed by atoms with Crippen molar-refractivity contribution in [1.82, 2.24) is 0 Å². The molecule has 5 nitrogen and oxygen atoms in total. The zero-order valence-electron chi connectivity index (χ0n) is 14.8. The fraction of sp³-hybridized carbons (Fsp3) is 0.263. The minimum atomic E-state index is -4.40. The van der Waals surface area contributed by atoms with Crippen LogP contribution in [0.1, 0.15) is 24.2 Å². The van der Waals surface area contributed by atoms with Crippen molar-refractivity contribution < 1.29 is 27.5 Å². The largest absolute Gasteiger partial charge is 0.484 e. The quantitative estimate of drug-likeness (QED) is 0.704. The number of Topliss-reactive ketones (excluding diaryl/α,β-unsaturated/α-hetero) is 1. The summed E-state index contributed by atoms with van der Waals surface area (Å²) >= 11 is 0. The smallest absolute Gasteiger partial charge is 0.422 e. The molecule has 2 aromatic carbocycles. The van der Waals surface area contributed by atoms with Gasteiger partial charge in [0.25, 0.3) is 0 Å². The molecule has 0 saturated heterocycles. The molecule has 0 aromatic heterocycles. The molecular formula is C19H19F3N2O3. The maximum atomic E-state index is 12.2. The second-order valence-electron chi connectivity index (χ2n) is 5.92. The van der Waals surface area contributed by atoms with Crippen LogP contribution in [0.5, 0.6) is 5.75 Å². The van der Waals surface area contributed by atoms with E-state index in [0.717, 1.165) is 0 Å². The number of ether oxygens (including phenoxy) is 1. The first kappa shape index (κ1) is 20.3. The molecule has 0 spiro atoms. The Hall–Kier alpha value is -3.03. The standard InChI is InChI=1S/C19H19F3N2O3/c1-12(18(26)24-16-5-3-14(4-6-16)13(2)25)23-15-7-9-17(10-8-15)27-11-19(20,21)22/h3-10,12,23H,11H2,1-2H3,(H,24,26)/t12-/m0/s1. The zero-order valence-corrected chi connectivity index (χ0v) is 14.8. The summed E-state index contributed by atoms with van der Waals surface area (Å²) in [5.74, 6) is -0.283. The van der Waals surface area contributed by atoms with Crippen molar-refractivity contribution in [2.75, 3.05) is 17.2 Å². The summed E-state index contributed by atoms with van der Waals surface area (Å²) in [6.07, 6.45) is -4.40. The Morgan fingerprint density at radius 2 is 1.56 bits per heavy atom. The molecule has 0 aliphatic heterocycles. The van der Waals surface area contributed by atoms with E-state index in [2.05, 4.69) is 15.4 Å². The maximum Gasteiger partial charge on any atom is 0.422 e. The lowest BCUT2D eigenvalue weighted by atomic mass is 10.1. The average Bonchev–Trinajstić information content (AvgIpc) is 2.61. The van der Waals surface area contributed by atoms with E-state index >= 15 is 0 Å². The summed E-state index contributed by atoms with van der Waals surface area (Å²) in [6.45, 7) is 1.74. The first-order valence-electron chi connectivity index (χ1n) is 8.12. The first-order chi connectivity index (χ1) is 12.6. The highest BCUT2D eigenvalue weighted by Crippen LogP contribution is 2.20. The van der Waals surface area contributed by atoms with Crippen LogP contribution in [0, 0.1) is 0 Å². The molecule has 0 unspecified atom stereocenters. The second kappa shape index (κ2) is 8.57. The lowest BCUT2D eigenvalue weighted by Crippen LogP contribution is -2.31. The van der Waals surface area contributed by atoms with Crippen molar-refractivity contribution in [2.45, 2.75) is 26.1 Å². The fourth-order valence-corrected chi connectivity index (χ4v) is 2.17. The number of rotatable bonds is 7. The Morgan fingerprint density at radius 1 is 1.00 bits per heavy atom. The lowest BCUT2D eigenvalue weighted by Gasteiger charge is -2.16. The normalized spacial score (nSPS) is 12.2. The van der Waals surface area contributed by atoms with Crippen LogP contribution in [-0.4, -0.2) is 30.5 Å². The molecule has 144 valence electrons. The average molecular weight is 380 g/mol. The van der Waals surface area contributed by atoms with Gasteiger partial charge in [0.15, 0.2) is 12.4 Å². The fourth-order valence-electron chi connectivity index (χ4n) is 2.17. The molecule has 0 bridgehead atoms. The number of nitrogens with one attached hydrogen (secondary N) is 2. The van der Waals surface area contributed by atoms with E-state index in [1.54, 1.807) is 31.2 Å². The van der Waals surface area contributed by atoms with Crippen LogP contribution in [0.4, 0.5) is 24.5 Å². The highest BCUT2D eigenvalue weighted by atomic mass is 19.4. The van der Waals surface area contributed by atoms with Crippen LogP contribution in [-0.2, 0) is 4.79 Å². The highest BCUT2D eigenvalue weighted by Gasteiger charge is 2.28. The number of ketones is 1. The number of carbonyl (C=O) groups excluding carboxylic acids is 2. The number of carbonyl (C=O) groups is 2. The molecule has 1 amide bonds. The number of amides is 1.